The monoisotopic (exact) mass is 224 g/mol. The van der Waals surface area contributed by atoms with E-state index in [2.05, 4.69) is 43.3 Å². The van der Waals surface area contributed by atoms with Crippen molar-refractivity contribution in [2.75, 3.05) is 0 Å². The maximum atomic E-state index is 4.15. The SMILES string of the molecule is CCCC(C)Cn1cc(CNC(C)C)nn1. The number of hydrogen-bond donors (Lipinski definition) is 1. The van der Waals surface area contributed by atoms with Crippen molar-refractivity contribution in [3.05, 3.63) is 11.9 Å². The summed E-state index contributed by atoms with van der Waals surface area (Å²) in [6.07, 6.45) is 4.53. The molecule has 0 aliphatic heterocycles. The van der Waals surface area contributed by atoms with Crippen LogP contribution in [0.15, 0.2) is 6.20 Å². The highest BCUT2D eigenvalue weighted by molar-refractivity contribution is 4.91. The second kappa shape index (κ2) is 6.63. The normalized spacial score (nSPS) is 13.3. The van der Waals surface area contributed by atoms with Gasteiger partial charge in [-0.1, -0.05) is 39.3 Å². The Labute approximate surface area is 98.4 Å². The summed E-state index contributed by atoms with van der Waals surface area (Å²) >= 11 is 0. The molecule has 1 rings (SSSR count). The van der Waals surface area contributed by atoms with Gasteiger partial charge in [-0.3, -0.25) is 4.68 Å². The van der Waals surface area contributed by atoms with Gasteiger partial charge in [-0.15, -0.1) is 5.10 Å². The minimum absolute atomic E-state index is 0.490. The topological polar surface area (TPSA) is 42.7 Å². The van der Waals surface area contributed by atoms with Crippen LogP contribution in [0.5, 0.6) is 0 Å². The van der Waals surface area contributed by atoms with Crippen molar-refractivity contribution in [1.82, 2.24) is 20.3 Å². The van der Waals surface area contributed by atoms with E-state index >= 15 is 0 Å². The molecule has 0 aliphatic carbocycles. The molecule has 4 nitrogen and oxygen atoms in total. The van der Waals surface area contributed by atoms with E-state index in [4.69, 9.17) is 0 Å². The lowest BCUT2D eigenvalue weighted by atomic mass is 10.1. The number of hydrogen-bond acceptors (Lipinski definition) is 3. The molecule has 0 amide bonds. The standard InChI is InChI=1S/C12H24N4/c1-5-6-11(4)8-16-9-12(14-15-16)7-13-10(2)3/h9-11,13H,5-8H2,1-4H3. The molecule has 1 aromatic rings. The van der Waals surface area contributed by atoms with Crippen molar-refractivity contribution in [2.24, 2.45) is 5.92 Å². The molecule has 1 atom stereocenters. The summed E-state index contributed by atoms with van der Waals surface area (Å²) in [6.45, 7) is 10.5. The van der Waals surface area contributed by atoms with Gasteiger partial charge >= 0.3 is 0 Å². The van der Waals surface area contributed by atoms with Crippen LogP contribution < -0.4 is 5.32 Å². The van der Waals surface area contributed by atoms with Gasteiger partial charge in [0, 0.05) is 25.3 Å². The third-order valence-electron chi connectivity index (χ3n) is 2.56. The molecule has 0 saturated carbocycles. The number of rotatable bonds is 7. The number of aromatic nitrogens is 3. The van der Waals surface area contributed by atoms with Crippen molar-refractivity contribution in [1.29, 1.82) is 0 Å². The van der Waals surface area contributed by atoms with Crippen molar-refractivity contribution in [3.63, 3.8) is 0 Å². The largest absolute Gasteiger partial charge is 0.309 e. The molecule has 16 heavy (non-hydrogen) atoms. The van der Waals surface area contributed by atoms with Crippen molar-refractivity contribution >= 4 is 0 Å². The number of nitrogens with one attached hydrogen (secondary N) is 1. The van der Waals surface area contributed by atoms with E-state index in [0.717, 1.165) is 18.8 Å². The highest BCUT2D eigenvalue weighted by atomic mass is 15.4. The first-order chi connectivity index (χ1) is 7.61. The van der Waals surface area contributed by atoms with Crippen LogP contribution in [0, 0.1) is 5.92 Å². The molecular weight excluding hydrogens is 200 g/mol. The molecule has 0 spiro atoms. The molecule has 0 aromatic carbocycles. The maximum Gasteiger partial charge on any atom is 0.0964 e. The fraction of sp³-hybridized carbons (Fsp3) is 0.833. The van der Waals surface area contributed by atoms with Crippen LogP contribution in [-0.2, 0) is 13.1 Å². The van der Waals surface area contributed by atoms with Crippen LogP contribution in [-0.4, -0.2) is 21.0 Å². The average Bonchev–Trinajstić information content (AvgIpc) is 2.63. The van der Waals surface area contributed by atoms with E-state index in [1.807, 2.05) is 10.9 Å². The first-order valence-corrected chi connectivity index (χ1v) is 6.24. The lowest BCUT2D eigenvalue weighted by Gasteiger charge is -2.08. The van der Waals surface area contributed by atoms with E-state index in [9.17, 15) is 0 Å². The average molecular weight is 224 g/mol. The van der Waals surface area contributed by atoms with Crippen LogP contribution in [0.1, 0.15) is 46.2 Å². The van der Waals surface area contributed by atoms with Crippen molar-refractivity contribution in [2.45, 2.75) is 59.7 Å². The molecule has 92 valence electrons. The highest BCUT2D eigenvalue weighted by Gasteiger charge is 2.05. The fourth-order valence-corrected chi connectivity index (χ4v) is 1.72. The van der Waals surface area contributed by atoms with Crippen LogP contribution in [0.2, 0.25) is 0 Å². The summed E-state index contributed by atoms with van der Waals surface area (Å²) < 4.78 is 1.96. The van der Waals surface area contributed by atoms with Crippen molar-refractivity contribution in [3.8, 4) is 0 Å². The van der Waals surface area contributed by atoms with E-state index in [1.165, 1.54) is 12.8 Å². The Balaban J connectivity index is 2.39. The highest BCUT2D eigenvalue weighted by Crippen LogP contribution is 2.07. The lowest BCUT2D eigenvalue weighted by Crippen LogP contribution is -2.21. The Bertz CT molecular complexity index is 293. The van der Waals surface area contributed by atoms with E-state index < -0.39 is 0 Å². The van der Waals surface area contributed by atoms with Gasteiger partial charge in [0.2, 0.25) is 0 Å². The van der Waals surface area contributed by atoms with Crippen LogP contribution in [0.4, 0.5) is 0 Å². The molecule has 4 heteroatoms. The summed E-state index contributed by atoms with van der Waals surface area (Å²) in [5.74, 6) is 0.678. The summed E-state index contributed by atoms with van der Waals surface area (Å²) in [4.78, 5) is 0. The molecule has 0 radical (unpaired) electrons. The summed E-state index contributed by atoms with van der Waals surface area (Å²) in [7, 11) is 0. The predicted molar refractivity (Wildman–Crippen MR) is 66.1 cm³/mol. The minimum Gasteiger partial charge on any atom is -0.309 e. The van der Waals surface area contributed by atoms with Gasteiger partial charge in [0.05, 0.1) is 5.69 Å². The molecule has 1 N–H and O–H groups in total. The third kappa shape index (κ3) is 4.75. The second-order valence-corrected chi connectivity index (χ2v) is 4.86. The van der Waals surface area contributed by atoms with Gasteiger partial charge < -0.3 is 5.32 Å². The molecular formula is C12H24N4. The van der Waals surface area contributed by atoms with Gasteiger partial charge in [0.25, 0.3) is 0 Å². The third-order valence-corrected chi connectivity index (χ3v) is 2.56. The predicted octanol–water partition coefficient (Wildman–Crippen LogP) is 2.21. The number of nitrogens with zero attached hydrogens (tertiary/aromatic N) is 3. The van der Waals surface area contributed by atoms with Crippen molar-refractivity contribution < 1.29 is 0 Å². The molecule has 0 aliphatic rings. The van der Waals surface area contributed by atoms with Gasteiger partial charge in [0.1, 0.15) is 0 Å². The minimum atomic E-state index is 0.490. The van der Waals surface area contributed by atoms with E-state index in [1.54, 1.807) is 0 Å². The maximum absolute atomic E-state index is 4.15. The zero-order valence-electron chi connectivity index (χ0n) is 10.9. The smallest absolute Gasteiger partial charge is 0.0964 e. The van der Waals surface area contributed by atoms with Crippen LogP contribution in [0.25, 0.3) is 0 Å². The fourth-order valence-electron chi connectivity index (χ4n) is 1.72. The zero-order valence-corrected chi connectivity index (χ0v) is 10.9. The second-order valence-electron chi connectivity index (χ2n) is 4.86. The van der Waals surface area contributed by atoms with E-state index in [-0.39, 0.29) is 0 Å². The molecule has 0 fully saturated rings. The molecule has 1 heterocycles. The Kier molecular flexibility index (Phi) is 5.46. The molecule has 1 aromatic heterocycles. The Hall–Kier alpha value is -0.900. The molecule has 1 unspecified atom stereocenters. The summed E-state index contributed by atoms with van der Waals surface area (Å²) in [6, 6.07) is 0.490. The first-order valence-electron chi connectivity index (χ1n) is 6.24. The Morgan fingerprint density at radius 3 is 2.75 bits per heavy atom. The van der Waals surface area contributed by atoms with Crippen LogP contribution >= 0.6 is 0 Å². The summed E-state index contributed by atoms with van der Waals surface area (Å²) in [5, 5.41) is 11.6. The Morgan fingerprint density at radius 2 is 2.12 bits per heavy atom. The molecule has 0 saturated heterocycles. The van der Waals surface area contributed by atoms with Gasteiger partial charge in [-0.25, -0.2) is 0 Å². The molecule has 0 bridgehead atoms. The van der Waals surface area contributed by atoms with Gasteiger partial charge in [-0.2, -0.15) is 0 Å². The van der Waals surface area contributed by atoms with Crippen LogP contribution in [0.3, 0.4) is 0 Å². The van der Waals surface area contributed by atoms with E-state index in [0.29, 0.717) is 12.0 Å². The zero-order chi connectivity index (χ0) is 12.0. The lowest BCUT2D eigenvalue weighted by molar-refractivity contribution is 0.414. The summed E-state index contributed by atoms with van der Waals surface area (Å²) in [5.41, 5.74) is 1.03. The van der Waals surface area contributed by atoms with Gasteiger partial charge in [-0.05, 0) is 12.3 Å². The first kappa shape index (κ1) is 13.2. The van der Waals surface area contributed by atoms with Gasteiger partial charge in [0.15, 0.2) is 0 Å². The Morgan fingerprint density at radius 1 is 1.38 bits per heavy atom. The quantitative estimate of drug-likeness (QED) is 0.772.